The van der Waals surface area contributed by atoms with Gasteiger partial charge in [-0.05, 0) is 44.5 Å². The summed E-state index contributed by atoms with van der Waals surface area (Å²) in [6, 6.07) is 18.6. The molecule has 0 radical (unpaired) electrons. The molecule has 2 aromatic carbocycles. The number of hydrogen-bond acceptors (Lipinski definition) is 7. The van der Waals surface area contributed by atoms with Crippen LogP contribution in [0.4, 0.5) is 5.95 Å². The van der Waals surface area contributed by atoms with Crippen LogP contribution in [0, 0.1) is 0 Å². The van der Waals surface area contributed by atoms with Crippen molar-refractivity contribution in [1.82, 2.24) is 14.9 Å². The smallest absolute Gasteiger partial charge is 0.236 e. The van der Waals surface area contributed by atoms with Crippen LogP contribution in [0.5, 0.6) is 5.88 Å². The lowest BCUT2D eigenvalue weighted by atomic mass is 9.72. The molecule has 0 aliphatic heterocycles. The SMILES string of the molecule is COc1nc(NCCN(C)C)nc2oc(-c3ccc(C4(N)CCC4)cc3)c(-c3ccccc3)c12. The molecule has 4 aromatic rings. The van der Waals surface area contributed by atoms with Gasteiger partial charge < -0.3 is 25.1 Å². The van der Waals surface area contributed by atoms with Crippen LogP contribution in [-0.4, -0.2) is 49.2 Å². The van der Waals surface area contributed by atoms with Crippen molar-refractivity contribution in [2.45, 2.75) is 24.8 Å². The van der Waals surface area contributed by atoms with E-state index < -0.39 is 0 Å². The number of nitrogens with zero attached hydrogens (tertiary/aromatic N) is 3. The average Bonchev–Trinajstić information content (AvgIpc) is 3.22. The molecule has 1 saturated carbocycles. The van der Waals surface area contributed by atoms with Crippen molar-refractivity contribution < 1.29 is 9.15 Å². The highest BCUT2D eigenvalue weighted by atomic mass is 16.5. The summed E-state index contributed by atoms with van der Waals surface area (Å²) < 4.78 is 12.1. The molecule has 1 aliphatic rings. The number of fused-ring (bicyclic) bond motifs is 1. The molecule has 0 saturated heterocycles. The number of anilines is 1. The fraction of sp³-hybridized carbons (Fsp3) is 0.333. The van der Waals surface area contributed by atoms with E-state index in [0.29, 0.717) is 24.1 Å². The summed E-state index contributed by atoms with van der Waals surface area (Å²) in [5.74, 6) is 1.71. The Labute approximate surface area is 200 Å². The molecule has 0 spiro atoms. The van der Waals surface area contributed by atoms with Crippen molar-refractivity contribution in [3.05, 3.63) is 60.2 Å². The summed E-state index contributed by atoms with van der Waals surface area (Å²) >= 11 is 0. The summed E-state index contributed by atoms with van der Waals surface area (Å²) in [6.07, 6.45) is 3.24. The molecular weight excluding hydrogens is 426 g/mol. The Morgan fingerprint density at radius 2 is 1.76 bits per heavy atom. The summed E-state index contributed by atoms with van der Waals surface area (Å²) in [4.78, 5) is 11.4. The molecule has 3 N–H and O–H groups in total. The first-order valence-corrected chi connectivity index (χ1v) is 11.7. The number of furan rings is 1. The van der Waals surface area contributed by atoms with Crippen molar-refractivity contribution in [1.29, 1.82) is 0 Å². The second-order valence-electron chi connectivity index (χ2n) is 9.23. The molecule has 5 rings (SSSR count). The maximum absolute atomic E-state index is 6.54. The molecule has 1 aliphatic carbocycles. The Morgan fingerprint density at radius 1 is 1.03 bits per heavy atom. The normalized spacial score (nSPS) is 14.9. The Balaban J connectivity index is 1.63. The molecule has 2 heterocycles. The highest BCUT2D eigenvalue weighted by Gasteiger charge is 2.34. The van der Waals surface area contributed by atoms with Gasteiger partial charge in [0, 0.05) is 29.8 Å². The fourth-order valence-corrected chi connectivity index (χ4v) is 4.47. The largest absolute Gasteiger partial charge is 0.480 e. The number of nitrogens with two attached hydrogens (primary N) is 1. The molecule has 7 nitrogen and oxygen atoms in total. The summed E-state index contributed by atoms with van der Waals surface area (Å²) in [5, 5.41) is 4.03. The Kier molecular flexibility index (Phi) is 5.98. The third-order valence-electron chi connectivity index (χ3n) is 6.58. The molecule has 0 amide bonds. The lowest BCUT2D eigenvalue weighted by Gasteiger charge is -2.38. The molecule has 176 valence electrons. The number of benzene rings is 2. The zero-order valence-corrected chi connectivity index (χ0v) is 20.0. The average molecular weight is 458 g/mol. The van der Waals surface area contributed by atoms with Gasteiger partial charge in [-0.25, -0.2) is 0 Å². The Hall–Kier alpha value is -3.42. The van der Waals surface area contributed by atoms with E-state index in [-0.39, 0.29) is 5.54 Å². The molecule has 0 bridgehead atoms. The second-order valence-corrected chi connectivity index (χ2v) is 9.23. The zero-order valence-electron chi connectivity index (χ0n) is 20.0. The molecule has 1 fully saturated rings. The van der Waals surface area contributed by atoms with E-state index in [2.05, 4.69) is 56.6 Å². The number of aromatic nitrogens is 2. The first kappa shape index (κ1) is 22.4. The van der Waals surface area contributed by atoms with Gasteiger partial charge in [-0.3, -0.25) is 0 Å². The van der Waals surface area contributed by atoms with Crippen LogP contribution in [0.25, 0.3) is 33.6 Å². The van der Waals surface area contributed by atoms with Crippen LogP contribution in [0.15, 0.2) is 59.0 Å². The number of hydrogen-bond donors (Lipinski definition) is 2. The topological polar surface area (TPSA) is 89.4 Å². The van der Waals surface area contributed by atoms with Crippen molar-refractivity contribution in [2.75, 3.05) is 39.6 Å². The van der Waals surface area contributed by atoms with E-state index in [9.17, 15) is 0 Å². The molecular formula is C27H31N5O2. The van der Waals surface area contributed by atoms with Gasteiger partial charge in [-0.1, -0.05) is 54.6 Å². The highest BCUT2D eigenvalue weighted by molar-refractivity contribution is 6.03. The second kappa shape index (κ2) is 9.08. The monoisotopic (exact) mass is 457 g/mol. The van der Waals surface area contributed by atoms with Crippen molar-refractivity contribution in [2.24, 2.45) is 5.73 Å². The van der Waals surface area contributed by atoms with E-state index in [1.54, 1.807) is 7.11 Å². The number of ether oxygens (including phenoxy) is 1. The number of likely N-dealkylation sites (N-methyl/N-ethyl adjacent to an activating group) is 1. The molecule has 0 unspecified atom stereocenters. The predicted octanol–water partition coefficient (Wildman–Crippen LogP) is 4.88. The molecule has 2 aromatic heterocycles. The van der Waals surface area contributed by atoms with Gasteiger partial charge in [0.15, 0.2) is 0 Å². The molecule has 34 heavy (non-hydrogen) atoms. The molecule has 7 heteroatoms. The van der Waals surface area contributed by atoms with E-state index in [0.717, 1.165) is 47.2 Å². The predicted molar refractivity (Wildman–Crippen MR) is 136 cm³/mol. The van der Waals surface area contributed by atoms with Gasteiger partial charge >= 0.3 is 0 Å². The minimum Gasteiger partial charge on any atom is -0.480 e. The summed E-state index contributed by atoms with van der Waals surface area (Å²) in [7, 11) is 5.68. The van der Waals surface area contributed by atoms with Crippen LogP contribution in [0.3, 0.4) is 0 Å². The summed E-state index contributed by atoms with van der Waals surface area (Å²) in [5.41, 5.74) is 10.9. The van der Waals surface area contributed by atoms with Crippen molar-refractivity contribution in [3.63, 3.8) is 0 Å². The number of nitrogens with one attached hydrogen (secondary N) is 1. The maximum Gasteiger partial charge on any atom is 0.236 e. The Bertz CT molecular complexity index is 1280. The first-order chi connectivity index (χ1) is 16.5. The van der Waals surface area contributed by atoms with Gasteiger partial charge in [0.2, 0.25) is 17.5 Å². The summed E-state index contributed by atoms with van der Waals surface area (Å²) in [6.45, 7) is 1.57. The maximum atomic E-state index is 6.54. The molecule has 0 atom stereocenters. The standard InChI is InChI=1S/C27H31N5O2/c1-32(2)17-16-29-26-30-24(33-3)22-21(18-8-5-4-6-9-18)23(34-25(22)31-26)19-10-12-20(13-11-19)27(28)14-7-15-27/h4-6,8-13H,7,14-17,28H2,1-3H3,(H,29,30,31). The van der Waals surface area contributed by atoms with Crippen LogP contribution < -0.4 is 15.8 Å². The third-order valence-corrected chi connectivity index (χ3v) is 6.58. The van der Waals surface area contributed by atoms with Crippen LogP contribution in [0.2, 0.25) is 0 Å². The number of methoxy groups -OCH3 is 1. The lowest BCUT2D eigenvalue weighted by Crippen LogP contribution is -2.43. The van der Waals surface area contributed by atoms with Crippen LogP contribution in [0.1, 0.15) is 24.8 Å². The minimum atomic E-state index is -0.198. The van der Waals surface area contributed by atoms with Gasteiger partial charge in [0.1, 0.15) is 11.1 Å². The minimum absolute atomic E-state index is 0.198. The zero-order chi connectivity index (χ0) is 23.7. The van der Waals surface area contributed by atoms with Crippen molar-refractivity contribution in [3.8, 4) is 28.3 Å². The van der Waals surface area contributed by atoms with Gasteiger partial charge in [0.05, 0.1) is 7.11 Å². The van der Waals surface area contributed by atoms with Crippen LogP contribution >= 0.6 is 0 Å². The van der Waals surface area contributed by atoms with Crippen LogP contribution in [-0.2, 0) is 5.54 Å². The Morgan fingerprint density at radius 3 is 2.38 bits per heavy atom. The van der Waals surface area contributed by atoms with E-state index in [4.69, 9.17) is 14.9 Å². The fourth-order valence-electron chi connectivity index (χ4n) is 4.47. The van der Waals surface area contributed by atoms with E-state index in [1.165, 1.54) is 12.0 Å². The van der Waals surface area contributed by atoms with E-state index >= 15 is 0 Å². The third kappa shape index (κ3) is 4.13. The quantitative estimate of drug-likeness (QED) is 0.390. The highest BCUT2D eigenvalue weighted by Crippen LogP contribution is 2.45. The lowest BCUT2D eigenvalue weighted by molar-refractivity contribution is 0.253. The van der Waals surface area contributed by atoms with E-state index in [1.807, 2.05) is 32.3 Å². The van der Waals surface area contributed by atoms with Crippen molar-refractivity contribution >= 4 is 17.0 Å². The van der Waals surface area contributed by atoms with Gasteiger partial charge in [-0.2, -0.15) is 9.97 Å². The number of rotatable bonds is 8. The van der Waals surface area contributed by atoms with Gasteiger partial charge in [-0.15, -0.1) is 0 Å². The first-order valence-electron chi connectivity index (χ1n) is 11.7. The van der Waals surface area contributed by atoms with Gasteiger partial charge in [0.25, 0.3) is 0 Å².